The van der Waals surface area contributed by atoms with Gasteiger partial charge in [0, 0.05) is 16.6 Å². The monoisotopic (exact) mass is 371 g/mol. The fraction of sp³-hybridized carbons (Fsp3) is 0.174. The van der Waals surface area contributed by atoms with E-state index >= 15 is 0 Å². The summed E-state index contributed by atoms with van der Waals surface area (Å²) in [4.78, 5) is 17.3. The van der Waals surface area contributed by atoms with Crippen LogP contribution in [0.1, 0.15) is 32.9 Å². The Hall–Kier alpha value is -3.47. The molecule has 2 aromatic heterocycles. The van der Waals surface area contributed by atoms with Crippen LogP contribution in [0, 0.1) is 27.7 Å². The summed E-state index contributed by atoms with van der Waals surface area (Å²) in [5.74, 6) is -0.992. The van der Waals surface area contributed by atoms with Crippen molar-refractivity contribution in [1.29, 1.82) is 0 Å². The Morgan fingerprint density at radius 3 is 2.21 bits per heavy atom. The molecule has 0 aliphatic carbocycles. The Morgan fingerprint density at radius 2 is 1.61 bits per heavy atom. The van der Waals surface area contributed by atoms with E-state index in [1.807, 2.05) is 76.2 Å². The van der Waals surface area contributed by atoms with E-state index in [1.165, 1.54) is 0 Å². The molecule has 0 fully saturated rings. The van der Waals surface area contributed by atoms with Gasteiger partial charge >= 0.3 is 5.97 Å². The quantitative estimate of drug-likeness (QED) is 0.549. The molecule has 2 heterocycles. The summed E-state index contributed by atoms with van der Waals surface area (Å²) in [6.07, 6.45) is 0. The van der Waals surface area contributed by atoms with E-state index in [0.717, 1.165) is 28.1 Å². The van der Waals surface area contributed by atoms with Crippen LogP contribution in [0.15, 0.2) is 48.5 Å². The van der Waals surface area contributed by atoms with Crippen LogP contribution < -0.4 is 0 Å². The van der Waals surface area contributed by atoms with E-state index in [1.54, 1.807) is 4.68 Å². The predicted molar refractivity (Wildman–Crippen MR) is 110 cm³/mol. The maximum absolute atomic E-state index is 12.4. The highest BCUT2D eigenvalue weighted by Gasteiger charge is 2.24. The van der Waals surface area contributed by atoms with Crippen molar-refractivity contribution in [2.45, 2.75) is 27.7 Å². The van der Waals surface area contributed by atoms with Gasteiger partial charge in [-0.15, -0.1) is 0 Å². The lowest BCUT2D eigenvalue weighted by Gasteiger charge is -2.17. The smallest absolute Gasteiger partial charge is 0.338 e. The Balaban J connectivity index is 2.19. The first kappa shape index (κ1) is 17.9. The van der Waals surface area contributed by atoms with Gasteiger partial charge < -0.3 is 5.11 Å². The number of hydrogen-bond acceptors (Lipinski definition) is 3. The van der Waals surface area contributed by atoms with Crippen LogP contribution in [0.25, 0.3) is 27.8 Å². The molecule has 5 nitrogen and oxygen atoms in total. The van der Waals surface area contributed by atoms with Crippen molar-refractivity contribution >= 4 is 16.9 Å². The maximum atomic E-state index is 12.4. The van der Waals surface area contributed by atoms with E-state index in [0.29, 0.717) is 22.3 Å². The van der Waals surface area contributed by atoms with E-state index in [4.69, 9.17) is 4.98 Å². The third kappa shape index (κ3) is 2.95. The maximum Gasteiger partial charge on any atom is 0.338 e. The predicted octanol–water partition coefficient (Wildman–Crippen LogP) is 5.02. The number of aromatic carboxylic acids is 1. The second-order valence-electron chi connectivity index (χ2n) is 7.21. The molecular formula is C23H21N3O2. The highest BCUT2D eigenvalue weighted by Crippen LogP contribution is 2.34. The van der Waals surface area contributed by atoms with Crippen molar-refractivity contribution in [2.75, 3.05) is 0 Å². The van der Waals surface area contributed by atoms with Gasteiger partial charge in [0.15, 0.2) is 0 Å². The van der Waals surface area contributed by atoms with Gasteiger partial charge in [-0.05, 0) is 45.9 Å². The van der Waals surface area contributed by atoms with Gasteiger partial charge in [-0.1, -0.05) is 41.5 Å². The minimum absolute atomic E-state index is 0.218. The fourth-order valence-electron chi connectivity index (χ4n) is 3.56. The average molecular weight is 371 g/mol. The Kier molecular flexibility index (Phi) is 4.23. The summed E-state index contributed by atoms with van der Waals surface area (Å²) in [6, 6.07) is 15.6. The molecule has 140 valence electrons. The molecule has 1 N–H and O–H groups in total. The largest absolute Gasteiger partial charge is 0.478 e. The first-order valence-electron chi connectivity index (χ1n) is 9.13. The molecule has 0 unspecified atom stereocenters. The number of carboxylic acid groups (broad SMARTS) is 1. The van der Waals surface area contributed by atoms with Crippen LogP contribution in [0.5, 0.6) is 0 Å². The molecule has 0 aliphatic rings. The minimum atomic E-state index is -0.992. The number of benzene rings is 2. The lowest BCUT2D eigenvalue weighted by molar-refractivity contribution is 0.0699. The number of aromatic nitrogens is 3. The van der Waals surface area contributed by atoms with Gasteiger partial charge in [-0.2, -0.15) is 5.10 Å². The van der Waals surface area contributed by atoms with Gasteiger partial charge in [0.05, 0.1) is 22.5 Å². The van der Waals surface area contributed by atoms with Crippen molar-refractivity contribution in [2.24, 2.45) is 0 Å². The Bertz CT molecular complexity index is 1220. The molecule has 4 aromatic rings. The lowest BCUT2D eigenvalue weighted by atomic mass is 9.99. The molecule has 0 radical (unpaired) electrons. The molecular weight excluding hydrogens is 350 g/mol. The third-order valence-electron chi connectivity index (χ3n) is 4.88. The number of pyridine rings is 1. The molecule has 28 heavy (non-hydrogen) atoms. The van der Waals surface area contributed by atoms with Gasteiger partial charge in [0.2, 0.25) is 0 Å². The average Bonchev–Trinajstić information content (AvgIpc) is 2.98. The molecule has 0 amide bonds. The zero-order valence-corrected chi connectivity index (χ0v) is 16.3. The molecule has 4 rings (SSSR count). The van der Waals surface area contributed by atoms with Crippen LogP contribution in [-0.4, -0.2) is 25.8 Å². The number of rotatable bonds is 3. The molecule has 2 aromatic carbocycles. The van der Waals surface area contributed by atoms with Crippen LogP contribution in [0.2, 0.25) is 0 Å². The van der Waals surface area contributed by atoms with Gasteiger partial charge in [-0.3, -0.25) is 0 Å². The van der Waals surface area contributed by atoms with Crippen LogP contribution in [0.3, 0.4) is 0 Å². The van der Waals surface area contributed by atoms with Crippen molar-refractivity contribution in [3.05, 3.63) is 76.6 Å². The van der Waals surface area contributed by atoms with Crippen molar-refractivity contribution in [3.63, 3.8) is 0 Å². The van der Waals surface area contributed by atoms with E-state index < -0.39 is 5.97 Å². The Morgan fingerprint density at radius 1 is 0.929 bits per heavy atom. The second-order valence-corrected chi connectivity index (χ2v) is 7.21. The normalized spacial score (nSPS) is 11.1. The highest BCUT2D eigenvalue weighted by molar-refractivity contribution is 6.08. The number of aryl methyl sites for hydroxylation is 4. The molecule has 5 heteroatoms. The van der Waals surface area contributed by atoms with Gasteiger partial charge in [-0.25, -0.2) is 14.5 Å². The summed E-state index contributed by atoms with van der Waals surface area (Å²) in [6.45, 7) is 7.78. The highest BCUT2D eigenvalue weighted by atomic mass is 16.4. The summed E-state index contributed by atoms with van der Waals surface area (Å²) in [5, 5.41) is 15.3. The zero-order valence-electron chi connectivity index (χ0n) is 16.3. The summed E-state index contributed by atoms with van der Waals surface area (Å²) >= 11 is 0. The molecule has 0 saturated heterocycles. The molecule has 0 saturated carbocycles. The first-order chi connectivity index (χ1) is 13.3. The topological polar surface area (TPSA) is 68.0 Å². The zero-order chi connectivity index (χ0) is 20.0. The van der Waals surface area contributed by atoms with Crippen LogP contribution >= 0.6 is 0 Å². The van der Waals surface area contributed by atoms with E-state index in [-0.39, 0.29) is 5.56 Å². The number of carbonyl (C=O) groups is 1. The summed E-state index contributed by atoms with van der Waals surface area (Å²) < 4.78 is 1.70. The standard InChI is InChI=1S/C23H21N3O2/c1-13-5-8-17(9-6-13)21-22(26-16(4)12-15(3)25-26)20(23(27)28)18-11-14(2)7-10-19(18)24-21/h5-12H,1-4H3,(H,27,28). The summed E-state index contributed by atoms with van der Waals surface area (Å²) in [5.41, 5.74) is 6.65. The van der Waals surface area contributed by atoms with Crippen molar-refractivity contribution < 1.29 is 9.90 Å². The second kappa shape index (κ2) is 6.60. The van der Waals surface area contributed by atoms with Crippen molar-refractivity contribution in [1.82, 2.24) is 14.8 Å². The molecule has 0 bridgehead atoms. The Labute approximate surface area is 163 Å². The lowest BCUT2D eigenvalue weighted by Crippen LogP contribution is -2.12. The number of nitrogens with zero attached hydrogens (tertiary/aromatic N) is 3. The number of carboxylic acids is 1. The molecule has 0 aliphatic heterocycles. The number of hydrogen-bond donors (Lipinski definition) is 1. The van der Waals surface area contributed by atoms with Crippen LogP contribution in [0.4, 0.5) is 0 Å². The van der Waals surface area contributed by atoms with E-state index in [2.05, 4.69) is 5.10 Å². The van der Waals surface area contributed by atoms with E-state index in [9.17, 15) is 9.90 Å². The number of fused-ring (bicyclic) bond motifs is 1. The fourth-order valence-corrected chi connectivity index (χ4v) is 3.56. The summed E-state index contributed by atoms with van der Waals surface area (Å²) in [7, 11) is 0. The van der Waals surface area contributed by atoms with Gasteiger partial charge in [0.1, 0.15) is 5.69 Å². The van der Waals surface area contributed by atoms with Crippen LogP contribution in [-0.2, 0) is 0 Å². The SMILES string of the molecule is Cc1ccc(-c2nc3ccc(C)cc3c(C(=O)O)c2-n2nc(C)cc2C)cc1. The molecule has 0 atom stereocenters. The molecule has 0 spiro atoms. The third-order valence-corrected chi connectivity index (χ3v) is 4.88. The minimum Gasteiger partial charge on any atom is -0.478 e. The first-order valence-corrected chi connectivity index (χ1v) is 9.13. The van der Waals surface area contributed by atoms with Gasteiger partial charge in [0.25, 0.3) is 0 Å². The van der Waals surface area contributed by atoms with Crippen molar-refractivity contribution in [3.8, 4) is 16.9 Å².